The van der Waals surface area contributed by atoms with Gasteiger partial charge in [-0.2, -0.15) is 0 Å². The predicted molar refractivity (Wildman–Crippen MR) is 90.3 cm³/mol. The Bertz CT molecular complexity index is 463. The van der Waals surface area contributed by atoms with E-state index in [1.165, 1.54) is 0 Å². The lowest BCUT2D eigenvalue weighted by molar-refractivity contribution is 0.0340. The highest BCUT2D eigenvalue weighted by Crippen LogP contribution is 2.41. The van der Waals surface area contributed by atoms with Crippen molar-refractivity contribution >= 4 is 15.9 Å². The summed E-state index contributed by atoms with van der Waals surface area (Å²) < 4.78 is 0. The number of benzene rings is 1. The summed E-state index contributed by atoms with van der Waals surface area (Å²) in [5, 5.41) is 31.1. The monoisotopic (exact) mass is 358 g/mol. The van der Waals surface area contributed by atoms with Crippen molar-refractivity contribution in [1.29, 1.82) is 0 Å². The molecular formula is C17H27BrO3. The number of halogens is 1. The first-order valence-electron chi connectivity index (χ1n) is 7.19. The Kier molecular flexibility index (Phi) is 5.51. The van der Waals surface area contributed by atoms with Crippen molar-refractivity contribution in [2.75, 3.05) is 5.33 Å². The lowest BCUT2D eigenvalue weighted by Crippen LogP contribution is -2.23. The number of aromatic hydroxyl groups is 1. The van der Waals surface area contributed by atoms with Gasteiger partial charge in [0.15, 0.2) is 0 Å². The molecule has 0 saturated carbocycles. The molecule has 2 unspecified atom stereocenters. The van der Waals surface area contributed by atoms with Gasteiger partial charge in [-0.15, -0.1) is 0 Å². The largest absolute Gasteiger partial charge is 0.507 e. The lowest BCUT2D eigenvalue weighted by Gasteiger charge is -2.29. The van der Waals surface area contributed by atoms with E-state index in [0.717, 1.165) is 11.1 Å². The zero-order valence-corrected chi connectivity index (χ0v) is 15.3. The Balaban J connectivity index is 3.55. The SMILES string of the molecule is CC(C)(C)c1cc(C(O)C(O)CBr)cc(C(C)(C)C)c1O. The maximum atomic E-state index is 10.6. The van der Waals surface area contributed by atoms with Crippen LogP contribution in [0.1, 0.15) is 64.3 Å². The molecule has 3 nitrogen and oxygen atoms in total. The van der Waals surface area contributed by atoms with Crippen molar-refractivity contribution in [2.24, 2.45) is 0 Å². The molecule has 120 valence electrons. The van der Waals surface area contributed by atoms with Crippen LogP contribution in [-0.2, 0) is 10.8 Å². The van der Waals surface area contributed by atoms with Gasteiger partial charge < -0.3 is 15.3 Å². The van der Waals surface area contributed by atoms with E-state index in [1.54, 1.807) is 12.1 Å². The molecule has 4 heteroatoms. The van der Waals surface area contributed by atoms with Gasteiger partial charge in [0.2, 0.25) is 0 Å². The zero-order valence-electron chi connectivity index (χ0n) is 13.7. The number of aliphatic hydroxyl groups excluding tert-OH is 2. The molecule has 0 heterocycles. The average molecular weight is 359 g/mol. The Hall–Kier alpha value is -0.580. The van der Waals surface area contributed by atoms with Crippen molar-refractivity contribution < 1.29 is 15.3 Å². The van der Waals surface area contributed by atoms with Gasteiger partial charge in [0.1, 0.15) is 11.9 Å². The van der Waals surface area contributed by atoms with E-state index in [0.29, 0.717) is 10.9 Å². The summed E-state index contributed by atoms with van der Waals surface area (Å²) in [4.78, 5) is 0. The zero-order chi connectivity index (χ0) is 16.6. The van der Waals surface area contributed by atoms with Gasteiger partial charge in [-0.05, 0) is 39.7 Å². The van der Waals surface area contributed by atoms with Crippen LogP contribution in [0.4, 0.5) is 0 Å². The molecule has 1 rings (SSSR count). The summed E-state index contributed by atoms with van der Waals surface area (Å²) in [6.07, 6.45) is -1.86. The van der Waals surface area contributed by atoms with E-state index >= 15 is 0 Å². The standard InChI is InChI=1S/C17H27BrO3/c1-16(2,3)11-7-10(14(20)13(19)9-18)8-12(15(11)21)17(4,5)6/h7-8,13-14,19-21H,9H2,1-6H3. The number of phenols is 1. The van der Waals surface area contributed by atoms with Crippen LogP contribution in [0, 0.1) is 0 Å². The van der Waals surface area contributed by atoms with Crippen molar-refractivity contribution in [2.45, 2.75) is 64.6 Å². The number of hydrogen-bond donors (Lipinski definition) is 3. The normalized spacial score (nSPS) is 15.9. The number of alkyl halides is 1. The number of rotatable bonds is 3. The van der Waals surface area contributed by atoms with Crippen molar-refractivity contribution in [3.8, 4) is 5.75 Å². The third-order valence-corrected chi connectivity index (χ3v) is 4.28. The Morgan fingerprint density at radius 1 is 0.952 bits per heavy atom. The molecule has 1 aromatic carbocycles. The molecule has 0 aliphatic heterocycles. The first-order valence-corrected chi connectivity index (χ1v) is 8.31. The second-order valence-electron chi connectivity index (χ2n) is 7.63. The predicted octanol–water partition coefficient (Wildman–Crippen LogP) is 3.78. The molecule has 0 aliphatic rings. The summed E-state index contributed by atoms with van der Waals surface area (Å²) in [7, 11) is 0. The van der Waals surface area contributed by atoms with Gasteiger partial charge in [0.05, 0.1) is 6.10 Å². The minimum atomic E-state index is -0.979. The fraction of sp³-hybridized carbons (Fsp3) is 0.647. The Labute approximate surface area is 136 Å². The van der Waals surface area contributed by atoms with E-state index in [2.05, 4.69) is 15.9 Å². The molecule has 0 fully saturated rings. The van der Waals surface area contributed by atoms with E-state index in [-0.39, 0.29) is 16.6 Å². The molecule has 1 aromatic rings. The molecule has 0 amide bonds. The minimum Gasteiger partial charge on any atom is -0.507 e. The molecule has 3 N–H and O–H groups in total. The van der Waals surface area contributed by atoms with Crippen LogP contribution < -0.4 is 0 Å². The lowest BCUT2D eigenvalue weighted by atomic mass is 9.77. The molecule has 0 bridgehead atoms. The van der Waals surface area contributed by atoms with Gasteiger partial charge in [-0.1, -0.05) is 57.5 Å². The third-order valence-electron chi connectivity index (χ3n) is 3.61. The fourth-order valence-corrected chi connectivity index (χ4v) is 2.63. The topological polar surface area (TPSA) is 60.7 Å². The summed E-state index contributed by atoms with van der Waals surface area (Å²) >= 11 is 3.18. The third kappa shape index (κ3) is 4.21. The average Bonchev–Trinajstić information content (AvgIpc) is 2.34. The number of aliphatic hydroxyl groups is 2. The molecule has 0 aromatic heterocycles. The summed E-state index contributed by atoms with van der Waals surface area (Å²) in [6, 6.07) is 3.59. The van der Waals surface area contributed by atoms with Crippen LogP contribution in [0.2, 0.25) is 0 Å². The van der Waals surface area contributed by atoms with Crippen LogP contribution >= 0.6 is 15.9 Å². The fourth-order valence-electron chi connectivity index (χ4n) is 2.28. The molecule has 0 spiro atoms. The summed E-state index contributed by atoms with van der Waals surface area (Å²) in [5.41, 5.74) is 1.70. The quantitative estimate of drug-likeness (QED) is 0.720. The molecular weight excluding hydrogens is 332 g/mol. The van der Waals surface area contributed by atoms with E-state index in [9.17, 15) is 15.3 Å². The number of hydrogen-bond acceptors (Lipinski definition) is 3. The molecule has 0 aliphatic carbocycles. The van der Waals surface area contributed by atoms with Crippen LogP contribution in [-0.4, -0.2) is 26.8 Å². The molecule has 0 radical (unpaired) electrons. The maximum Gasteiger partial charge on any atom is 0.123 e. The highest BCUT2D eigenvalue weighted by atomic mass is 79.9. The van der Waals surface area contributed by atoms with E-state index in [4.69, 9.17) is 0 Å². The highest BCUT2D eigenvalue weighted by Gasteiger charge is 2.29. The van der Waals surface area contributed by atoms with Gasteiger partial charge in [-0.3, -0.25) is 0 Å². The van der Waals surface area contributed by atoms with Crippen molar-refractivity contribution in [1.82, 2.24) is 0 Å². The molecule has 21 heavy (non-hydrogen) atoms. The Morgan fingerprint density at radius 3 is 1.62 bits per heavy atom. The van der Waals surface area contributed by atoms with Crippen LogP contribution in [0.5, 0.6) is 5.75 Å². The number of phenolic OH excluding ortho intramolecular Hbond substituents is 1. The first-order chi connectivity index (χ1) is 9.39. The minimum absolute atomic E-state index is 0.251. The van der Waals surface area contributed by atoms with Gasteiger partial charge >= 0.3 is 0 Å². The van der Waals surface area contributed by atoms with Gasteiger partial charge in [-0.25, -0.2) is 0 Å². The molecule has 2 atom stereocenters. The van der Waals surface area contributed by atoms with Crippen LogP contribution in [0.25, 0.3) is 0 Å². The van der Waals surface area contributed by atoms with Crippen LogP contribution in [0.15, 0.2) is 12.1 Å². The maximum absolute atomic E-state index is 10.6. The highest BCUT2D eigenvalue weighted by molar-refractivity contribution is 9.09. The second kappa shape index (κ2) is 6.27. The van der Waals surface area contributed by atoms with Crippen LogP contribution in [0.3, 0.4) is 0 Å². The van der Waals surface area contributed by atoms with Crippen molar-refractivity contribution in [3.05, 3.63) is 28.8 Å². The second-order valence-corrected chi connectivity index (χ2v) is 8.28. The molecule has 0 saturated heterocycles. The smallest absolute Gasteiger partial charge is 0.123 e. The van der Waals surface area contributed by atoms with Crippen molar-refractivity contribution in [3.63, 3.8) is 0 Å². The summed E-state index contributed by atoms with van der Waals surface area (Å²) in [5.74, 6) is 0.277. The van der Waals surface area contributed by atoms with E-state index < -0.39 is 12.2 Å². The first kappa shape index (κ1) is 18.5. The van der Waals surface area contributed by atoms with Gasteiger partial charge in [0, 0.05) is 5.33 Å². The van der Waals surface area contributed by atoms with Gasteiger partial charge in [0.25, 0.3) is 0 Å². The van der Waals surface area contributed by atoms with E-state index in [1.807, 2.05) is 41.5 Å². The summed E-state index contributed by atoms with van der Waals surface area (Å²) in [6.45, 7) is 12.1. The Morgan fingerprint density at radius 2 is 1.33 bits per heavy atom.